The molecule has 1 aromatic carbocycles. The molecule has 146 valence electrons. The van der Waals surface area contributed by atoms with Gasteiger partial charge in [-0.25, -0.2) is 0 Å². The summed E-state index contributed by atoms with van der Waals surface area (Å²) in [5, 5.41) is 3.60. The minimum Gasteiger partial charge on any atom is -0.350 e. The van der Waals surface area contributed by atoms with Gasteiger partial charge in [0.2, 0.25) is 5.91 Å². The molecule has 4 atom stereocenters. The van der Waals surface area contributed by atoms with E-state index in [0.29, 0.717) is 41.1 Å². The number of rotatable bonds is 3. The number of fused-ring (bicyclic) bond motifs is 4. The van der Waals surface area contributed by atoms with Crippen molar-refractivity contribution in [2.24, 2.45) is 11.8 Å². The number of nitrogens with one attached hydrogen (secondary N) is 1. The van der Waals surface area contributed by atoms with E-state index in [2.05, 4.69) is 10.2 Å². The molecule has 5 nitrogen and oxygen atoms in total. The summed E-state index contributed by atoms with van der Waals surface area (Å²) in [5.41, 5.74) is 0.525. The topological polar surface area (TPSA) is 52.7 Å². The smallest absolute Gasteiger partial charge is 0.252 e. The van der Waals surface area contributed by atoms with E-state index in [1.165, 1.54) is 19.3 Å². The fourth-order valence-corrected chi connectivity index (χ4v) is 5.61. The highest BCUT2D eigenvalue weighted by Gasteiger charge is 2.47. The molecular weight excluding hydrogens is 362 g/mol. The van der Waals surface area contributed by atoms with Gasteiger partial charge < -0.3 is 10.2 Å². The van der Waals surface area contributed by atoms with Gasteiger partial charge in [-0.2, -0.15) is 0 Å². The van der Waals surface area contributed by atoms with Crippen LogP contribution in [0, 0.1) is 11.8 Å². The number of carbonyl (C=O) groups is 2. The number of carbonyl (C=O) groups excluding carboxylic acids is 2. The first-order valence-corrected chi connectivity index (χ1v) is 10.5. The predicted molar refractivity (Wildman–Crippen MR) is 106 cm³/mol. The van der Waals surface area contributed by atoms with Gasteiger partial charge in [-0.05, 0) is 49.8 Å². The van der Waals surface area contributed by atoms with E-state index < -0.39 is 0 Å². The Morgan fingerprint density at radius 2 is 1.96 bits per heavy atom. The van der Waals surface area contributed by atoms with E-state index >= 15 is 0 Å². The Labute approximate surface area is 166 Å². The fourth-order valence-electron chi connectivity index (χ4n) is 5.38. The zero-order valence-electron chi connectivity index (χ0n) is 15.9. The molecule has 6 heteroatoms. The summed E-state index contributed by atoms with van der Waals surface area (Å²) in [6, 6.07) is 8.00. The molecule has 0 saturated carbocycles. The number of piperidine rings is 3. The van der Waals surface area contributed by atoms with E-state index in [9.17, 15) is 9.59 Å². The fraction of sp³-hybridized carbons (Fsp3) is 0.619. The van der Waals surface area contributed by atoms with Crippen molar-refractivity contribution in [3.63, 3.8) is 0 Å². The highest BCUT2D eigenvalue weighted by atomic mass is 35.5. The molecule has 0 aliphatic carbocycles. The molecule has 3 heterocycles. The van der Waals surface area contributed by atoms with Gasteiger partial charge >= 0.3 is 0 Å². The second-order valence-corrected chi connectivity index (χ2v) is 8.65. The van der Waals surface area contributed by atoms with Crippen molar-refractivity contribution in [2.45, 2.75) is 44.7 Å². The molecule has 3 saturated heterocycles. The Balaban J connectivity index is 1.50. The van der Waals surface area contributed by atoms with E-state index in [0.717, 1.165) is 26.1 Å². The number of amides is 2. The molecule has 2 amide bonds. The van der Waals surface area contributed by atoms with Crippen LogP contribution in [-0.4, -0.2) is 59.9 Å². The lowest BCUT2D eigenvalue weighted by Gasteiger charge is -2.56. The molecule has 0 unspecified atom stereocenters. The Hall–Kier alpha value is -1.59. The molecule has 1 aromatic rings. The number of nitrogens with zero attached hydrogens (tertiary/aromatic N) is 2. The highest BCUT2D eigenvalue weighted by Crippen LogP contribution is 2.41. The first-order valence-electron chi connectivity index (χ1n) is 10.1. The number of likely N-dealkylation sites (tertiary alicyclic amines) is 1. The van der Waals surface area contributed by atoms with E-state index in [1.54, 1.807) is 19.1 Å². The van der Waals surface area contributed by atoms with Crippen LogP contribution in [-0.2, 0) is 4.79 Å². The summed E-state index contributed by atoms with van der Waals surface area (Å²) in [4.78, 5) is 29.3. The van der Waals surface area contributed by atoms with E-state index in [-0.39, 0.29) is 11.8 Å². The molecular formula is C21H28ClN3O2. The van der Waals surface area contributed by atoms with Gasteiger partial charge in [0.25, 0.3) is 5.91 Å². The zero-order valence-corrected chi connectivity index (χ0v) is 16.6. The van der Waals surface area contributed by atoms with Crippen molar-refractivity contribution < 1.29 is 9.59 Å². The van der Waals surface area contributed by atoms with Crippen LogP contribution in [0.25, 0.3) is 0 Å². The maximum absolute atomic E-state index is 12.6. The monoisotopic (exact) mass is 389 g/mol. The molecule has 1 N–H and O–H groups in total. The molecule has 4 rings (SSSR count). The van der Waals surface area contributed by atoms with Crippen molar-refractivity contribution in [1.82, 2.24) is 15.1 Å². The SMILES string of the molecule is CC(=O)N1C[C@H]2C[C@@H](C1)[C@H](CNC(=O)c1ccccc1Cl)N1CCCC[C@@H]21. The average molecular weight is 390 g/mol. The summed E-state index contributed by atoms with van der Waals surface area (Å²) >= 11 is 6.17. The molecule has 2 bridgehead atoms. The third-order valence-electron chi connectivity index (χ3n) is 6.66. The Kier molecular flexibility index (Phi) is 5.42. The summed E-state index contributed by atoms with van der Waals surface area (Å²) in [5.74, 6) is 1.06. The highest BCUT2D eigenvalue weighted by molar-refractivity contribution is 6.33. The average Bonchev–Trinajstić information content (AvgIpc) is 2.68. The molecule has 27 heavy (non-hydrogen) atoms. The van der Waals surface area contributed by atoms with Gasteiger partial charge in [0.15, 0.2) is 0 Å². The normalized spacial score (nSPS) is 30.5. The summed E-state index contributed by atoms with van der Waals surface area (Å²) in [6.07, 6.45) is 4.86. The number of hydrogen-bond donors (Lipinski definition) is 1. The Morgan fingerprint density at radius 3 is 2.74 bits per heavy atom. The van der Waals surface area contributed by atoms with Crippen molar-refractivity contribution in [3.8, 4) is 0 Å². The van der Waals surface area contributed by atoms with Gasteiger partial charge in [0.1, 0.15) is 0 Å². The van der Waals surface area contributed by atoms with Crippen LogP contribution in [0.3, 0.4) is 0 Å². The van der Waals surface area contributed by atoms with Crippen molar-refractivity contribution in [3.05, 3.63) is 34.9 Å². The Morgan fingerprint density at radius 1 is 1.19 bits per heavy atom. The number of hydrogen-bond acceptors (Lipinski definition) is 3. The van der Waals surface area contributed by atoms with Crippen LogP contribution in [0.5, 0.6) is 0 Å². The summed E-state index contributed by atoms with van der Waals surface area (Å²) in [6.45, 7) is 5.09. The first-order chi connectivity index (χ1) is 13.0. The minimum absolute atomic E-state index is 0.115. The third-order valence-corrected chi connectivity index (χ3v) is 6.99. The lowest BCUT2D eigenvalue weighted by atomic mass is 9.72. The summed E-state index contributed by atoms with van der Waals surface area (Å²) in [7, 11) is 0. The molecule has 3 aliphatic heterocycles. The third kappa shape index (κ3) is 3.72. The molecule has 3 fully saturated rings. The van der Waals surface area contributed by atoms with Crippen LogP contribution in [0.2, 0.25) is 5.02 Å². The number of halogens is 1. The molecule has 3 aliphatic rings. The van der Waals surface area contributed by atoms with Gasteiger partial charge in [-0.3, -0.25) is 14.5 Å². The lowest BCUT2D eigenvalue weighted by Crippen LogP contribution is -2.66. The molecule has 0 aromatic heterocycles. The first kappa shape index (κ1) is 18.8. The maximum Gasteiger partial charge on any atom is 0.252 e. The second kappa shape index (κ2) is 7.80. The van der Waals surface area contributed by atoms with E-state index in [1.807, 2.05) is 17.0 Å². The minimum atomic E-state index is -0.115. The van der Waals surface area contributed by atoms with Crippen LogP contribution < -0.4 is 5.32 Å². The van der Waals surface area contributed by atoms with Crippen LogP contribution in [0.4, 0.5) is 0 Å². The van der Waals surface area contributed by atoms with Crippen LogP contribution in [0.15, 0.2) is 24.3 Å². The largest absolute Gasteiger partial charge is 0.350 e. The maximum atomic E-state index is 12.6. The quantitative estimate of drug-likeness (QED) is 0.864. The predicted octanol–water partition coefficient (Wildman–Crippen LogP) is 2.79. The van der Waals surface area contributed by atoms with Gasteiger partial charge in [-0.1, -0.05) is 30.2 Å². The van der Waals surface area contributed by atoms with Crippen LogP contribution >= 0.6 is 11.6 Å². The summed E-state index contributed by atoms with van der Waals surface area (Å²) < 4.78 is 0. The Bertz CT molecular complexity index is 725. The second-order valence-electron chi connectivity index (χ2n) is 8.24. The van der Waals surface area contributed by atoms with Gasteiger partial charge in [0, 0.05) is 38.6 Å². The molecule has 0 spiro atoms. The number of benzene rings is 1. The standard InChI is InChI=1S/C21H28ClN3O2/c1-14(26)24-12-15-10-16(13-24)20(25-9-5-4-8-19(15)25)11-23-21(27)17-6-2-3-7-18(17)22/h2-3,6-7,15-16,19-20H,4-5,8-13H2,1H3,(H,23,27)/t15-,16+,19+,20+/m1/s1. The lowest BCUT2D eigenvalue weighted by molar-refractivity contribution is -0.138. The van der Waals surface area contributed by atoms with E-state index in [4.69, 9.17) is 11.6 Å². The van der Waals surface area contributed by atoms with Crippen molar-refractivity contribution >= 4 is 23.4 Å². The van der Waals surface area contributed by atoms with Gasteiger partial charge in [0.05, 0.1) is 10.6 Å². The van der Waals surface area contributed by atoms with Crippen molar-refractivity contribution in [2.75, 3.05) is 26.2 Å². The van der Waals surface area contributed by atoms with Crippen LogP contribution in [0.1, 0.15) is 43.0 Å². The molecule has 0 radical (unpaired) electrons. The van der Waals surface area contributed by atoms with Gasteiger partial charge in [-0.15, -0.1) is 0 Å². The van der Waals surface area contributed by atoms with Crippen molar-refractivity contribution in [1.29, 1.82) is 0 Å². The zero-order chi connectivity index (χ0) is 19.0.